The summed E-state index contributed by atoms with van der Waals surface area (Å²) in [6.07, 6.45) is 4.43. The van der Waals surface area contributed by atoms with Crippen LogP contribution in [0.15, 0.2) is 24.3 Å². The summed E-state index contributed by atoms with van der Waals surface area (Å²) in [4.78, 5) is 12.6. The second-order valence-corrected chi connectivity index (χ2v) is 6.92. The Morgan fingerprint density at radius 3 is 2.57 bits per heavy atom. The zero-order valence-corrected chi connectivity index (χ0v) is 12.7. The molecule has 2 aliphatic rings. The van der Waals surface area contributed by atoms with Gasteiger partial charge >= 0.3 is 0 Å². The van der Waals surface area contributed by atoms with Crippen LogP contribution in [-0.4, -0.2) is 24.0 Å². The van der Waals surface area contributed by atoms with Gasteiger partial charge in [0.05, 0.1) is 5.41 Å². The fourth-order valence-corrected chi connectivity index (χ4v) is 3.55. The SMILES string of the molecule is CC(C)(C(=O)NC1CC2CCC(C1)N2)c1cccc(F)c1. The third-order valence-corrected chi connectivity index (χ3v) is 4.92. The molecule has 2 heterocycles. The van der Waals surface area contributed by atoms with Crippen molar-refractivity contribution < 1.29 is 9.18 Å². The maximum atomic E-state index is 13.4. The average molecular weight is 290 g/mol. The molecule has 1 aromatic rings. The molecule has 114 valence electrons. The summed E-state index contributed by atoms with van der Waals surface area (Å²) in [5.41, 5.74) is 0.00311. The molecule has 0 spiro atoms. The molecule has 1 amide bonds. The van der Waals surface area contributed by atoms with Crippen LogP contribution in [-0.2, 0) is 10.2 Å². The van der Waals surface area contributed by atoms with Crippen LogP contribution < -0.4 is 10.6 Å². The molecular weight excluding hydrogens is 267 g/mol. The van der Waals surface area contributed by atoms with Crippen molar-refractivity contribution in [2.75, 3.05) is 0 Å². The number of benzene rings is 1. The molecule has 4 heteroatoms. The third-order valence-electron chi connectivity index (χ3n) is 4.92. The summed E-state index contributed by atoms with van der Waals surface area (Å²) >= 11 is 0. The first-order chi connectivity index (χ1) is 9.95. The maximum absolute atomic E-state index is 13.4. The van der Waals surface area contributed by atoms with Crippen LogP contribution in [0.25, 0.3) is 0 Å². The van der Waals surface area contributed by atoms with E-state index in [0.29, 0.717) is 12.1 Å². The lowest BCUT2D eigenvalue weighted by Crippen LogP contribution is -2.51. The highest BCUT2D eigenvalue weighted by Crippen LogP contribution is 2.29. The van der Waals surface area contributed by atoms with Gasteiger partial charge in [0.2, 0.25) is 5.91 Å². The lowest BCUT2D eigenvalue weighted by atomic mass is 9.83. The van der Waals surface area contributed by atoms with Crippen LogP contribution in [0.5, 0.6) is 0 Å². The van der Waals surface area contributed by atoms with Crippen LogP contribution in [0.2, 0.25) is 0 Å². The summed E-state index contributed by atoms with van der Waals surface area (Å²) in [5.74, 6) is -0.312. The minimum Gasteiger partial charge on any atom is -0.352 e. The molecule has 1 aromatic carbocycles. The third kappa shape index (κ3) is 2.95. The molecule has 2 bridgehead atoms. The number of hydrogen-bond acceptors (Lipinski definition) is 2. The Morgan fingerprint density at radius 1 is 1.29 bits per heavy atom. The molecule has 2 fully saturated rings. The summed E-state index contributed by atoms with van der Waals surface area (Å²) in [5, 5.41) is 6.75. The van der Waals surface area contributed by atoms with Crippen molar-refractivity contribution in [2.24, 2.45) is 0 Å². The average Bonchev–Trinajstić information content (AvgIpc) is 2.78. The standard InChI is InChI=1S/C17H23FN2O/c1-17(2,11-4-3-5-12(18)8-11)16(21)20-15-9-13-6-7-14(10-15)19-13/h3-5,8,13-15,19H,6-7,9-10H2,1-2H3,(H,20,21). The first-order valence-corrected chi connectivity index (χ1v) is 7.78. The second-order valence-electron chi connectivity index (χ2n) is 6.92. The van der Waals surface area contributed by atoms with E-state index in [9.17, 15) is 9.18 Å². The van der Waals surface area contributed by atoms with E-state index in [-0.39, 0.29) is 17.8 Å². The van der Waals surface area contributed by atoms with Crippen molar-refractivity contribution in [3.05, 3.63) is 35.6 Å². The van der Waals surface area contributed by atoms with E-state index in [2.05, 4.69) is 10.6 Å². The molecule has 2 N–H and O–H groups in total. The monoisotopic (exact) mass is 290 g/mol. The highest BCUT2D eigenvalue weighted by molar-refractivity contribution is 5.87. The Balaban J connectivity index is 1.69. The van der Waals surface area contributed by atoms with Gasteiger partial charge in [-0.15, -0.1) is 0 Å². The van der Waals surface area contributed by atoms with Gasteiger partial charge < -0.3 is 10.6 Å². The van der Waals surface area contributed by atoms with Crippen LogP contribution in [0.4, 0.5) is 4.39 Å². The molecule has 2 atom stereocenters. The van der Waals surface area contributed by atoms with Crippen LogP contribution in [0.3, 0.4) is 0 Å². The summed E-state index contributed by atoms with van der Waals surface area (Å²) < 4.78 is 13.4. The number of amides is 1. The van der Waals surface area contributed by atoms with Crippen molar-refractivity contribution >= 4 is 5.91 Å². The Hall–Kier alpha value is -1.42. The molecule has 3 rings (SSSR count). The Morgan fingerprint density at radius 2 is 1.95 bits per heavy atom. The van der Waals surface area contributed by atoms with Gasteiger partial charge in [0.25, 0.3) is 0 Å². The van der Waals surface area contributed by atoms with E-state index in [1.807, 2.05) is 19.9 Å². The van der Waals surface area contributed by atoms with Gasteiger partial charge in [-0.3, -0.25) is 4.79 Å². The Bertz CT molecular complexity index is 531. The normalized spacial score (nSPS) is 28.4. The van der Waals surface area contributed by atoms with Crippen molar-refractivity contribution in [3.8, 4) is 0 Å². The summed E-state index contributed by atoms with van der Waals surface area (Å²) in [6.45, 7) is 3.71. The van der Waals surface area contributed by atoms with Gasteiger partial charge in [0.15, 0.2) is 0 Å². The van der Waals surface area contributed by atoms with Gasteiger partial charge in [0.1, 0.15) is 5.82 Å². The minimum atomic E-state index is -0.716. The molecule has 2 saturated heterocycles. The molecule has 21 heavy (non-hydrogen) atoms. The van der Waals surface area contributed by atoms with Crippen LogP contribution in [0, 0.1) is 5.82 Å². The molecule has 2 unspecified atom stereocenters. The second kappa shape index (κ2) is 5.41. The van der Waals surface area contributed by atoms with Crippen LogP contribution in [0.1, 0.15) is 45.1 Å². The first-order valence-electron chi connectivity index (χ1n) is 7.78. The van der Waals surface area contributed by atoms with Gasteiger partial charge in [-0.05, 0) is 57.2 Å². The molecule has 0 saturated carbocycles. The van der Waals surface area contributed by atoms with Crippen molar-refractivity contribution in [2.45, 2.75) is 63.1 Å². The van der Waals surface area contributed by atoms with Crippen LogP contribution >= 0.6 is 0 Å². The zero-order chi connectivity index (χ0) is 15.0. The number of halogens is 1. The van der Waals surface area contributed by atoms with E-state index in [0.717, 1.165) is 18.4 Å². The van der Waals surface area contributed by atoms with Gasteiger partial charge in [-0.1, -0.05) is 12.1 Å². The number of carbonyl (C=O) groups excluding carboxylic acids is 1. The molecule has 2 aliphatic heterocycles. The largest absolute Gasteiger partial charge is 0.352 e. The molecule has 0 radical (unpaired) electrons. The minimum absolute atomic E-state index is 0.0144. The van der Waals surface area contributed by atoms with Crippen molar-refractivity contribution in [1.29, 1.82) is 0 Å². The topological polar surface area (TPSA) is 41.1 Å². The van der Waals surface area contributed by atoms with Crippen molar-refractivity contribution in [3.63, 3.8) is 0 Å². The van der Waals surface area contributed by atoms with Gasteiger partial charge in [0, 0.05) is 18.1 Å². The Labute approximate surface area is 125 Å². The molecule has 3 nitrogen and oxygen atoms in total. The molecule has 0 aromatic heterocycles. The lowest BCUT2D eigenvalue weighted by Gasteiger charge is -2.33. The van der Waals surface area contributed by atoms with Crippen molar-refractivity contribution in [1.82, 2.24) is 10.6 Å². The highest BCUT2D eigenvalue weighted by atomic mass is 19.1. The summed E-state index contributed by atoms with van der Waals surface area (Å²) in [6, 6.07) is 7.66. The Kier molecular flexibility index (Phi) is 3.74. The number of carbonyl (C=O) groups is 1. The maximum Gasteiger partial charge on any atom is 0.230 e. The van der Waals surface area contributed by atoms with E-state index in [4.69, 9.17) is 0 Å². The summed E-state index contributed by atoms with van der Waals surface area (Å²) in [7, 11) is 0. The lowest BCUT2D eigenvalue weighted by molar-refractivity contribution is -0.126. The molecular formula is C17H23FN2O. The predicted octanol–water partition coefficient (Wildman–Crippen LogP) is 2.50. The predicted molar refractivity (Wildman–Crippen MR) is 80.5 cm³/mol. The fourth-order valence-electron chi connectivity index (χ4n) is 3.55. The van der Waals surface area contributed by atoms with E-state index in [1.165, 1.54) is 25.0 Å². The molecule has 0 aliphatic carbocycles. The number of rotatable bonds is 3. The quantitative estimate of drug-likeness (QED) is 0.898. The van der Waals surface area contributed by atoms with Gasteiger partial charge in [-0.25, -0.2) is 4.39 Å². The number of piperidine rings is 1. The zero-order valence-electron chi connectivity index (χ0n) is 12.7. The van der Waals surface area contributed by atoms with E-state index in [1.54, 1.807) is 6.07 Å². The highest BCUT2D eigenvalue weighted by Gasteiger charge is 2.37. The van der Waals surface area contributed by atoms with E-state index >= 15 is 0 Å². The first kappa shape index (κ1) is 14.5. The van der Waals surface area contributed by atoms with Gasteiger partial charge in [-0.2, -0.15) is 0 Å². The smallest absolute Gasteiger partial charge is 0.230 e. The number of hydrogen-bond donors (Lipinski definition) is 2. The number of nitrogens with one attached hydrogen (secondary N) is 2. The van der Waals surface area contributed by atoms with E-state index < -0.39 is 5.41 Å². The number of fused-ring (bicyclic) bond motifs is 2. The fraction of sp³-hybridized carbons (Fsp3) is 0.588.